The number of hydrogen-bond donors (Lipinski definition) is 2. The predicted octanol–water partition coefficient (Wildman–Crippen LogP) is 3.08. The summed E-state index contributed by atoms with van der Waals surface area (Å²) in [6.45, 7) is -1.71. The van der Waals surface area contributed by atoms with Crippen LogP contribution in [0.15, 0.2) is 48.8 Å². The molecular formula is C17H18F2N4O2. The summed E-state index contributed by atoms with van der Waals surface area (Å²) in [5.74, 6) is 0.138. The lowest BCUT2D eigenvalue weighted by Gasteiger charge is -2.22. The van der Waals surface area contributed by atoms with Crippen molar-refractivity contribution >= 4 is 17.4 Å². The Labute approximate surface area is 143 Å². The highest BCUT2D eigenvalue weighted by atomic mass is 19.3. The van der Waals surface area contributed by atoms with Gasteiger partial charge in [0, 0.05) is 37.2 Å². The molecule has 1 atom stereocenters. The maximum atomic E-state index is 12.5. The van der Waals surface area contributed by atoms with E-state index in [1.807, 2.05) is 4.90 Å². The van der Waals surface area contributed by atoms with Crippen LogP contribution in [0.2, 0.25) is 0 Å². The SMILES string of the molecule is O=C(Nc1ccncc1)N[C@@H]1CCN(c2ccccc2OC(F)F)C1. The number of alkyl halides is 2. The van der Waals surface area contributed by atoms with Crippen LogP contribution in [0.4, 0.5) is 25.0 Å². The van der Waals surface area contributed by atoms with E-state index in [9.17, 15) is 13.6 Å². The zero-order valence-corrected chi connectivity index (χ0v) is 13.4. The molecule has 8 heteroatoms. The monoisotopic (exact) mass is 348 g/mol. The van der Waals surface area contributed by atoms with Crippen LogP contribution in [0.1, 0.15) is 6.42 Å². The van der Waals surface area contributed by atoms with Gasteiger partial charge in [0.25, 0.3) is 0 Å². The zero-order chi connectivity index (χ0) is 17.6. The third-order valence-electron chi connectivity index (χ3n) is 3.88. The number of hydrogen-bond acceptors (Lipinski definition) is 4. The van der Waals surface area contributed by atoms with Gasteiger partial charge in [-0.25, -0.2) is 4.79 Å². The Hall–Kier alpha value is -2.90. The molecule has 1 saturated heterocycles. The first-order chi connectivity index (χ1) is 12.1. The minimum Gasteiger partial charge on any atom is -0.433 e. The van der Waals surface area contributed by atoms with E-state index in [4.69, 9.17) is 0 Å². The Morgan fingerprint density at radius 1 is 1.24 bits per heavy atom. The number of carbonyl (C=O) groups excluding carboxylic acids is 1. The van der Waals surface area contributed by atoms with Crippen molar-refractivity contribution in [3.63, 3.8) is 0 Å². The molecule has 1 aromatic carbocycles. The van der Waals surface area contributed by atoms with Gasteiger partial charge in [-0.05, 0) is 30.7 Å². The van der Waals surface area contributed by atoms with Gasteiger partial charge in [0.05, 0.1) is 5.69 Å². The summed E-state index contributed by atoms with van der Waals surface area (Å²) >= 11 is 0. The van der Waals surface area contributed by atoms with E-state index >= 15 is 0 Å². The third kappa shape index (κ3) is 4.56. The summed E-state index contributed by atoms with van der Waals surface area (Å²) in [5, 5.41) is 5.61. The van der Waals surface area contributed by atoms with Crippen LogP contribution in [-0.2, 0) is 0 Å². The number of urea groups is 1. The Morgan fingerprint density at radius 3 is 2.76 bits per heavy atom. The number of benzene rings is 1. The number of anilines is 2. The number of para-hydroxylation sites is 2. The number of carbonyl (C=O) groups is 1. The second-order valence-electron chi connectivity index (χ2n) is 5.61. The molecule has 0 saturated carbocycles. The van der Waals surface area contributed by atoms with Gasteiger partial charge in [-0.2, -0.15) is 8.78 Å². The number of pyridine rings is 1. The smallest absolute Gasteiger partial charge is 0.387 e. The molecule has 6 nitrogen and oxygen atoms in total. The molecule has 2 aromatic rings. The molecule has 0 radical (unpaired) electrons. The van der Waals surface area contributed by atoms with E-state index in [2.05, 4.69) is 20.4 Å². The predicted molar refractivity (Wildman–Crippen MR) is 90.1 cm³/mol. The first-order valence-electron chi connectivity index (χ1n) is 7.88. The first-order valence-corrected chi connectivity index (χ1v) is 7.88. The summed E-state index contributed by atoms with van der Waals surface area (Å²) in [4.78, 5) is 17.8. The molecule has 0 aliphatic carbocycles. The van der Waals surface area contributed by atoms with E-state index < -0.39 is 6.61 Å². The second kappa shape index (κ2) is 7.78. The van der Waals surface area contributed by atoms with E-state index in [0.29, 0.717) is 30.9 Å². The average molecular weight is 348 g/mol. The van der Waals surface area contributed by atoms with E-state index in [0.717, 1.165) is 0 Å². The Balaban J connectivity index is 1.58. The van der Waals surface area contributed by atoms with Crippen molar-refractivity contribution < 1.29 is 18.3 Å². The van der Waals surface area contributed by atoms with Crippen LogP contribution in [0.3, 0.4) is 0 Å². The van der Waals surface area contributed by atoms with Crippen LogP contribution in [0.25, 0.3) is 0 Å². The molecule has 3 rings (SSSR count). The van der Waals surface area contributed by atoms with Crippen LogP contribution in [-0.4, -0.2) is 36.8 Å². The fraction of sp³-hybridized carbons (Fsp3) is 0.294. The molecule has 1 aromatic heterocycles. The van der Waals surface area contributed by atoms with Gasteiger partial charge >= 0.3 is 12.6 Å². The van der Waals surface area contributed by atoms with Crippen molar-refractivity contribution in [3.8, 4) is 5.75 Å². The lowest BCUT2D eigenvalue weighted by atomic mass is 10.2. The molecule has 0 unspecified atom stereocenters. The Kier molecular flexibility index (Phi) is 5.27. The van der Waals surface area contributed by atoms with Crippen molar-refractivity contribution in [2.75, 3.05) is 23.3 Å². The summed E-state index contributed by atoms with van der Waals surface area (Å²) in [6.07, 6.45) is 3.90. The number of nitrogens with one attached hydrogen (secondary N) is 2. The van der Waals surface area contributed by atoms with Gasteiger partial charge in [-0.3, -0.25) is 4.98 Å². The van der Waals surface area contributed by atoms with Crippen molar-refractivity contribution in [3.05, 3.63) is 48.8 Å². The number of ether oxygens (including phenoxy) is 1. The highest BCUT2D eigenvalue weighted by Crippen LogP contribution is 2.31. The van der Waals surface area contributed by atoms with Crippen LogP contribution in [0, 0.1) is 0 Å². The highest BCUT2D eigenvalue weighted by Gasteiger charge is 2.26. The minimum atomic E-state index is -2.87. The molecule has 1 aliphatic rings. The molecule has 2 N–H and O–H groups in total. The van der Waals surface area contributed by atoms with Gasteiger partial charge < -0.3 is 20.3 Å². The molecule has 0 spiro atoms. The fourth-order valence-electron chi connectivity index (χ4n) is 2.80. The third-order valence-corrected chi connectivity index (χ3v) is 3.88. The van der Waals surface area contributed by atoms with Crippen molar-refractivity contribution in [1.29, 1.82) is 0 Å². The maximum absolute atomic E-state index is 12.5. The van der Waals surface area contributed by atoms with Crippen molar-refractivity contribution in [1.82, 2.24) is 10.3 Å². The number of amides is 2. The number of nitrogens with zero attached hydrogens (tertiary/aromatic N) is 2. The minimum absolute atomic E-state index is 0.0820. The molecule has 0 bridgehead atoms. The van der Waals surface area contributed by atoms with Gasteiger partial charge in [-0.15, -0.1) is 0 Å². The summed E-state index contributed by atoms with van der Waals surface area (Å²) in [7, 11) is 0. The summed E-state index contributed by atoms with van der Waals surface area (Å²) in [6, 6.07) is 9.66. The topological polar surface area (TPSA) is 66.5 Å². The largest absolute Gasteiger partial charge is 0.433 e. The molecule has 2 heterocycles. The molecule has 132 valence electrons. The fourth-order valence-corrected chi connectivity index (χ4v) is 2.80. The summed E-state index contributed by atoms with van der Waals surface area (Å²) in [5.41, 5.74) is 1.25. The Morgan fingerprint density at radius 2 is 2.00 bits per heavy atom. The average Bonchev–Trinajstić information content (AvgIpc) is 3.04. The number of rotatable bonds is 5. The number of halogens is 2. The highest BCUT2D eigenvalue weighted by molar-refractivity contribution is 5.89. The lowest BCUT2D eigenvalue weighted by Crippen LogP contribution is -2.39. The number of aromatic nitrogens is 1. The van der Waals surface area contributed by atoms with Crippen molar-refractivity contribution in [2.24, 2.45) is 0 Å². The first kappa shape index (κ1) is 16.9. The Bertz CT molecular complexity index is 715. The normalized spacial score (nSPS) is 16.8. The second-order valence-corrected chi connectivity index (χ2v) is 5.61. The van der Waals surface area contributed by atoms with Gasteiger partial charge in [0.1, 0.15) is 5.75 Å². The van der Waals surface area contributed by atoms with Crippen molar-refractivity contribution in [2.45, 2.75) is 19.1 Å². The summed E-state index contributed by atoms with van der Waals surface area (Å²) < 4.78 is 29.6. The van der Waals surface area contributed by atoms with E-state index in [1.54, 1.807) is 42.7 Å². The van der Waals surface area contributed by atoms with Gasteiger partial charge in [-0.1, -0.05) is 12.1 Å². The van der Waals surface area contributed by atoms with E-state index in [-0.39, 0.29) is 17.8 Å². The molecule has 1 aliphatic heterocycles. The van der Waals surface area contributed by atoms with Crippen LogP contribution >= 0.6 is 0 Å². The molecule has 1 fully saturated rings. The maximum Gasteiger partial charge on any atom is 0.387 e. The molecule has 25 heavy (non-hydrogen) atoms. The molecular weight excluding hydrogens is 330 g/mol. The van der Waals surface area contributed by atoms with Crippen LogP contribution in [0.5, 0.6) is 5.75 Å². The lowest BCUT2D eigenvalue weighted by molar-refractivity contribution is -0.0495. The molecule has 2 amide bonds. The van der Waals surface area contributed by atoms with Crippen LogP contribution < -0.4 is 20.3 Å². The van der Waals surface area contributed by atoms with E-state index in [1.165, 1.54) is 6.07 Å². The zero-order valence-electron chi connectivity index (χ0n) is 13.4. The standard InChI is InChI=1S/C17H18F2N4O2/c18-16(19)25-15-4-2-1-3-14(15)23-10-7-13(11-23)22-17(24)21-12-5-8-20-9-6-12/h1-6,8-9,13,16H,7,10-11H2,(H2,20,21,22,24)/t13-/m1/s1. The van der Waals surface area contributed by atoms with Gasteiger partial charge in [0.2, 0.25) is 0 Å². The van der Waals surface area contributed by atoms with Gasteiger partial charge in [0.15, 0.2) is 0 Å². The quantitative estimate of drug-likeness (QED) is 0.871.